The van der Waals surface area contributed by atoms with Crippen LogP contribution in [-0.4, -0.2) is 31.7 Å². The van der Waals surface area contributed by atoms with Crippen LogP contribution >= 0.6 is 11.3 Å². The number of aromatic nitrogens is 1. The lowest BCUT2D eigenvalue weighted by atomic mass is 9.93. The number of nitrogens with one attached hydrogen (secondary N) is 1. The van der Waals surface area contributed by atoms with Gasteiger partial charge < -0.3 is 20.5 Å². The lowest BCUT2D eigenvalue weighted by Gasteiger charge is -2.14. The third-order valence-electron chi connectivity index (χ3n) is 3.60. The molecule has 136 valence electrons. The molecule has 0 atom stereocenters. The minimum atomic E-state index is 0.0710. The second-order valence-corrected chi connectivity index (χ2v) is 7.53. The fourth-order valence-electron chi connectivity index (χ4n) is 2.13. The van der Waals surface area contributed by atoms with Gasteiger partial charge in [-0.1, -0.05) is 20.8 Å². The maximum absolute atomic E-state index is 5.98. The molecule has 2 rings (SSSR count). The zero-order chi connectivity index (χ0) is 18.4. The van der Waals surface area contributed by atoms with Crippen molar-refractivity contribution in [2.45, 2.75) is 32.6 Å². The Hall–Kier alpha value is -2.28. The highest BCUT2D eigenvalue weighted by Gasteiger charge is 2.17. The Balaban J connectivity index is 1.97. The summed E-state index contributed by atoms with van der Waals surface area (Å²) in [5, 5.41) is 6.24. The third kappa shape index (κ3) is 5.35. The van der Waals surface area contributed by atoms with E-state index >= 15 is 0 Å². The van der Waals surface area contributed by atoms with Gasteiger partial charge in [-0.2, -0.15) is 0 Å². The quantitative estimate of drug-likeness (QED) is 0.608. The summed E-state index contributed by atoms with van der Waals surface area (Å²) in [5.74, 6) is 1.72. The first-order valence-electron chi connectivity index (χ1n) is 8.07. The second kappa shape index (κ2) is 8.20. The van der Waals surface area contributed by atoms with Crippen LogP contribution in [0.3, 0.4) is 0 Å². The number of hydrogen-bond donors (Lipinski definition) is 2. The van der Waals surface area contributed by atoms with Crippen LogP contribution in [0.15, 0.2) is 28.6 Å². The van der Waals surface area contributed by atoms with Crippen LogP contribution in [0.4, 0.5) is 5.69 Å². The average molecular weight is 362 g/mol. The van der Waals surface area contributed by atoms with E-state index in [-0.39, 0.29) is 5.41 Å². The highest BCUT2D eigenvalue weighted by atomic mass is 32.1. The highest BCUT2D eigenvalue weighted by molar-refractivity contribution is 7.09. The number of benzene rings is 1. The third-order valence-corrected chi connectivity index (χ3v) is 4.51. The van der Waals surface area contributed by atoms with E-state index in [2.05, 4.69) is 41.4 Å². The van der Waals surface area contributed by atoms with Gasteiger partial charge in [0.25, 0.3) is 0 Å². The minimum absolute atomic E-state index is 0.0710. The minimum Gasteiger partial charge on any atom is -0.497 e. The predicted octanol–water partition coefficient (Wildman–Crippen LogP) is 3.43. The van der Waals surface area contributed by atoms with Crippen LogP contribution in [0.5, 0.6) is 11.5 Å². The largest absolute Gasteiger partial charge is 0.497 e. The summed E-state index contributed by atoms with van der Waals surface area (Å²) in [6.45, 7) is 7.05. The topological polar surface area (TPSA) is 81.8 Å². The van der Waals surface area contributed by atoms with Crippen molar-refractivity contribution in [3.63, 3.8) is 0 Å². The predicted molar refractivity (Wildman–Crippen MR) is 104 cm³/mol. The molecule has 0 amide bonds. The molecule has 0 saturated heterocycles. The van der Waals surface area contributed by atoms with E-state index in [1.165, 1.54) is 0 Å². The van der Waals surface area contributed by atoms with E-state index in [4.69, 9.17) is 15.2 Å². The van der Waals surface area contributed by atoms with Crippen molar-refractivity contribution in [1.29, 1.82) is 0 Å². The van der Waals surface area contributed by atoms with Gasteiger partial charge >= 0.3 is 0 Å². The van der Waals surface area contributed by atoms with Crippen LogP contribution in [0.2, 0.25) is 0 Å². The molecule has 1 heterocycles. The maximum atomic E-state index is 5.98. The first kappa shape index (κ1) is 19.1. The zero-order valence-electron chi connectivity index (χ0n) is 15.4. The second-order valence-electron chi connectivity index (χ2n) is 6.58. The highest BCUT2D eigenvalue weighted by Crippen LogP contribution is 2.28. The Morgan fingerprint density at radius 3 is 2.64 bits per heavy atom. The molecule has 0 unspecified atom stereocenters. The van der Waals surface area contributed by atoms with E-state index in [0.29, 0.717) is 29.7 Å². The van der Waals surface area contributed by atoms with Crippen LogP contribution in [-0.2, 0) is 11.8 Å². The standard InChI is InChI=1S/C18H26N4O2S/c1-18(2,3)15-11-25-16(22-15)8-9-20-17(19)21-13-10-12(23-4)6-7-14(13)24-5/h6-7,10-11H,8-9H2,1-5H3,(H3,19,20,21). The Labute approximate surface area is 153 Å². The lowest BCUT2D eigenvalue weighted by molar-refractivity contribution is 0.405. The molecule has 1 aromatic carbocycles. The summed E-state index contributed by atoms with van der Waals surface area (Å²) in [6, 6.07) is 5.46. The number of hydrogen-bond acceptors (Lipinski definition) is 5. The fourth-order valence-corrected chi connectivity index (χ4v) is 3.15. The molecule has 25 heavy (non-hydrogen) atoms. The number of ether oxygens (including phenoxy) is 2. The van der Waals surface area contributed by atoms with Crippen LogP contribution in [0, 0.1) is 0 Å². The number of rotatable bonds is 6. The van der Waals surface area contributed by atoms with Gasteiger partial charge in [-0.3, -0.25) is 4.99 Å². The van der Waals surface area contributed by atoms with Gasteiger partial charge in [-0.05, 0) is 12.1 Å². The maximum Gasteiger partial charge on any atom is 0.193 e. The monoisotopic (exact) mass is 362 g/mol. The summed E-state index contributed by atoms with van der Waals surface area (Å²) in [7, 11) is 3.22. The molecular formula is C18H26N4O2S. The summed E-state index contributed by atoms with van der Waals surface area (Å²) in [4.78, 5) is 9.03. The van der Waals surface area contributed by atoms with Crippen LogP contribution in [0.25, 0.3) is 0 Å². The first-order valence-corrected chi connectivity index (χ1v) is 8.95. The van der Waals surface area contributed by atoms with Gasteiger partial charge in [-0.15, -0.1) is 11.3 Å². The summed E-state index contributed by atoms with van der Waals surface area (Å²) >= 11 is 1.66. The molecule has 0 fully saturated rings. The van der Waals surface area contributed by atoms with Crippen molar-refractivity contribution in [2.75, 3.05) is 26.1 Å². The Bertz CT molecular complexity index is 735. The Morgan fingerprint density at radius 1 is 1.28 bits per heavy atom. The van der Waals surface area contributed by atoms with Gasteiger partial charge in [-0.25, -0.2) is 4.98 Å². The molecule has 0 bridgehead atoms. The normalized spacial score (nSPS) is 12.1. The summed E-state index contributed by atoms with van der Waals surface area (Å²) < 4.78 is 10.5. The Morgan fingerprint density at radius 2 is 2.04 bits per heavy atom. The van der Waals surface area contributed by atoms with Gasteiger partial charge in [0.05, 0.1) is 30.6 Å². The van der Waals surface area contributed by atoms with Gasteiger partial charge in [0, 0.05) is 29.8 Å². The summed E-state index contributed by atoms with van der Waals surface area (Å²) in [5.41, 5.74) is 7.89. The molecule has 1 aromatic heterocycles. The Kier molecular flexibility index (Phi) is 6.25. The van der Waals surface area contributed by atoms with Crippen LogP contribution in [0.1, 0.15) is 31.5 Å². The molecule has 6 nitrogen and oxygen atoms in total. The van der Waals surface area contributed by atoms with E-state index in [0.717, 1.165) is 17.1 Å². The molecule has 0 spiro atoms. The van der Waals surface area contributed by atoms with Crippen molar-refractivity contribution in [1.82, 2.24) is 4.98 Å². The molecule has 0 aliphatic heterocycles. The van der Waals surface area contributed by atoms with E-state index < -0.39 is 0 Å². The molecule has 2 aromatic rings. The van der Waals surface area contributed by atoms with Crippen LogP contribution < -0.4 is 20.5 Å². The molecule has 0 aliphatic carbocycles. The van der Waals surface area contributed by atoms with Crippen molar-refractivity contribution >= 4 is 23.0 Å². The molecule has 3 N–H and O–H groups in total. The number of thiazole rings is 1. The van der Waals surface area contributed by atoms with E-state index in [1.807, 2.05) is 18.2 Å². The molecule has 0 aliphatic rings. The van der Waals surface area contributed by atoms with Gasteiger partial charge in [0.1, 0.15) is 11.5 Å². The number of nitrogens with zero attached hydrogens (tertiary/aromatic N) is 2. The number of anilines is 1. The van der Waals surface area contributed by atoms with Gasteiger partial charge in [0.2, 0.25) is 0 Å². The van der Waals surface area contributed by atoms with Crippen molar-refractivity contribution in [3.8, 4) is 11.5 Å². The van der Waals surface area contributed by atoms with Gasteiger partial charge in [0.15, 0.2) is 5.96 Å². The van der Waals surface area contributed by atoms with E-state index in [1.54, 1.807) is 25.6 Å². The molecule has 0 saturated carbocycles. The van der Waals surface area contributed by atoms with E-state index in [9.17, 15) is 0 Å². The first-order chi connectivity index (χ1) is 11.8. The smallest absolute Gasteiger partial charge is 0.193 e. The van der Waals surface area contributed by atoms with Crippen molar-refractivity contribution in [3.05, 3.63) is 34.3 Å². The molecular weight excluding hydrogens is 336 g/mol. The average Bonchev–Trinajstić information content (AvgIpc) is 3.04. The van der Waals surface area contributed by atoms with Crippen molar-refractivity contribution < 1.29 is 9.47 Å². The molecule has 0 radical (unpaired) electrons. The van der Waals surface area contributed by atoms with Crippen molar-refractivity contribution in [2.24, 2.45) is 10.7 Å². The number of guanidine groups is 1. The number of nitrogens with two attached hydrogens (primary N) is 1. The zero-order valence-corrected chi connectivity index (χ0v) is 16.2. The number of aliphatic imine (C=N–C) groups is 1. The molecule has 7 heteroatoms. The lowest BCUT2D eigenvalue weighted by Crippen LogP contribution is -2.23. The SMILES string of the molecule is COc1ccc(OC)c(NC(N)=NCCc2nc(C(C)(C)C)cs2)c1. The number of methoxy groups -OCH3 is 2. The summed E-state index contributed by atoms with van der Waals surface area (Å²) in [6.07, 6.45) is 0.762. The fraction of sp³-hybridized carbons (Fsp3) is 0.444.